The lowest BCUT2D eigenvalue weighted by Gasteiger charge is -2.09. The number of halogens is 1. The van der Waals surface area contributed by atoms with E-state index in [-0.39, 0.29) is 12.2 Å². The number of benzene rings is 1. The first-order valence-corrected chi connectivity index (χ1v) is 5.56. The highest BCUT2D eigenvalue weighted by molar-refractivity contribution is 5.97. The van der Waals surface area contributed by atoms with Gasteiger partial charge in [-0.1, -0.05) is 13.3 Å². The van der Waals surface area contributed by atoms with Gasteiger partial charge in [-0.15, -0.1) is 0 Å². The van der Waals surface area contributed by atoms with E-state index in [1.807, 2.05) is 6.92 Å². The van der Waals surface area contributed by atoms with Crippen LogP contribution in [0, 0.1) is 11.7 Å². The number of hydrogen-bond acceptors (Lipinski definition) is 2. The minimum absolute atomic E-state index is 0.0329. The molecular weight excluding hydrogens is 223 g/mol. The highest BCUT2D eigenvalue weighted by Gasteiger charge is 2.20. The molecule has 0 aliphatic rings. The quantitative estimate of drug-likeness (QED) is 0.775. The molecule has 4 heteroatoms. The lowest BCUT2D eigenvalue weighted by atomic mass is 9.94. The van der Waals surface area contributed by atoms with Gasteiger partial charge in [-0.3, -0.25) is 9.59 Å². The number of aliphatic carboxylic acids is 1. The van der Waals surface area contributed by atoms with Crippen molar-refractivity contribution in [3.8, 4) is 0 Å². The molecular formula is C13H15FO3. The van der Waals surface area contributed by atoms with Crippen molar-refractivity contribution >= 4 is 11.8 Å². The zero-order valence-electron chi connectivity index (χ0n) is 9.65. The summed E-state index contributed by atoms with van der Waals surface area (Å²) in [5, 5.41) is 8.93. The van der Waals surface area contributed by atoms with E-state index in [9.17, 15) is 14.0 Å². The van der Waals surface area contributed by atoms with Crippen molar-refractivity contribution in [1.82, 2.24) is 0 Å². The second-order valence-corrected chi connectivity index (χ2v) is 3.96. The van der Waals surface area contributed by atoms with Gasteiger partial charge in [-0.25, -0.2) is 4.39 Å². The maximum Gasteiger partial charge on any atom is 0.306 e. The first-order valence-electron chi connectivity index (χ1n) is 5.56. The fourth-order valence-electron chi connectivity index (χ4n) is 1.64. The van der Waals surface area contributed by atoms with E-state index in [4.69, 9.17) is 5.11 Å². The van der Waals surface area contributed by atoms with E-state index < -0.39 is 17.7 Å². The summed E-state index contributed by atoms with van der Waals surface area (Å²) in [6.45, 7) is 1.87. The lowest BCUT2D eigenvalue weighted by molar-refractivity contribution is -0.141. The van der Waals surface area contributed by atoms with Crippen molar-refractivity contribution in [2.24, 2.45) is 5.92 Å². The Labute approximate surface area is 99.3 Å². The molecule has 0 saturated heterocycles. The number of carbonyl (C=O) groups is 2. The maximum absolute atomic E-state index is 12.7. The first kappa shape index (κ1) is 13.4. The number of ketones is 1. The number of carbonyl (C=O) groups excluding carboxylic acids is 1. The van der Waals surface area contributed by atoms with E-state index in [2.05, 4.69) is 0 Å². The minimum Gasteiger partial charge on any atom is -0.481 e. The highest BCUT2D eigenvalue weighted by Crippen LogP contribution is 2.16. The van der Waals surface area contributed by atoms with Crippen molar-refractivity contribution in [3.63, 3.8) is 0 Å². The molecule has 0 saturated carbocycles. The Hall–Kier alpha value is -1.71. The van der Waals surface area contributed by atoms with E-state index in [0.29, 0.717) is 18.4 Å². The van der Waals surface area contributed by atoms with Crippen LogP contribution in [0.15, 0.2) is 24.3 Å². The van der Waals surface area contributed by atoms with E-state index in [0.717, 1.165) is 0 Å². The molecule has 0 heterocycles. The van der Waals surface area contributed by atoms with Crippen molar-refractivity contribution in [2.75, 3.05) is 0 Å². The summed E-state index contributed by atoms with van der Waals surface area (Å²) in [5.41, 5.74) is 0.355. The van der Waals surface area contributed by atoms with Crippen LogP contribution in [0.25, 0.3) is 0 Å². The Balaban J connectivity index is 2.70. The normalized spacial score (nSPS) is 12.1. The average molecular weight is 238 g/mol. The summed E-state index contributed by atoms with van der Waals surface area (Å²) >= 11 is 0. The monoisotopic (exact) mass is 238 g/mol. The zero-order valence-corrected chi connectivity index (χ0v) is 9.65. The van der Waals surface area contributed by atoms with Crippen LogP contribution < -0.4 is 0 Å². The smallest absolute Gasteiger partial charge is 0.306 e. The topological polar surface area (TPSA) is 54.4 Å². The molecule has 1 aromatic rings. The summed E-state index contributed by atoms with van der Waals surface area (Å²) in [4.78, 5) is 22.7. The van der Waals surface area contributed by atoms with Gasteiger partial charge in [0.05, 0.1) is 5.92 Å². The standard InChI is InChI=1S/C13H15FO3/c1-2-3-10(13(16)17)8-12(15)9-4-6-11(14)7-5-9/h4-7,10H,2-3,8H2,1H3,(H,16,17). The number of carboxylic acids is 1. The molecule has 1 atom stereocenters. The zero-order chi connectivity index (χ0) is 12.8. The Kier molecular flexibility index (Phi) is 4.82. The second-order valence-electron chi connectivity index (χ2n) is 3.96. The number of hydrogen-bond donors (Lipinski definition) is 1. The molecule has 1 N–H and O–H groups in total. The summed E-state index contributed by atoms with van der Waals surface area (Å²) in [7, 11) is 0. The van der Waals surface area contributed by atoms with Gasteiger partial charge < -0.3 is 5.11 Å². The van der Waals surface area contributed by atoms with E-state index in [1.165, 1.54) is 24.3 Å². The third kappa shape index (κ3) is 3.98. The number of rotatable bonds is 6. The Bertz CT molecular complexity index is 398. The summed E-state index contributed by atoms with van der Waals surface area (Å²) in [6.07, 6.45) is 1.16. The van der Waals surface area contributed by atoms with Gasteiger partial charge in [-0.05, 0) is 30.7 Å². The molecule has 0 spiro atoms. The molecule has 3 nitrogen and oxygen atoms in total. The van der Waals surface area contributed by atoms with Gasteiger partial charge in [0.2, 0.25) is 0 Å². The summed E-state index contributed by atoms with van der Waals surface area (Å²) in [5.74, 6) is -2.28. The molecule has 1 rings (SSSR count). The molecule has 0 bridgehead atoms. The Morgan fingerprint density at radius 3 is 2.35 bits per heavy atom. The van der Waals surface area contributed by atoms with Gasteiger partial charge in [0.1, 0.15) is 5.82 Å². The second kappa shape index (κ2) is 6.13. The maximum atomic E-state index is 12.7. The fraction of sp³-hybridized carbons (Fsp3) is 0.385. The summed E-state index contributed by atoms with van der Waals surface area (Å²) in [6, 6.07) is 5.15. The van der Waals surface area contributed by atoms with Crippen LogP contribution in [0.5, 0.6) is 0 Å². The molecule has 0 amide bonds. The van der Waals surface area contributed by atoms with Crippen LogP contribution in [0.2, 0.25) is 0 Å². The molecule has 0 aliphatic heterocycles. The van der Waals surface area contributed by atoms with Gasteiger partial charge >= 0.3 is 5.97 Å². The van der Waals surface area contributed by atoms with Gasteiger partial charge in [0, 0.05) is 12.0 Å². The first-order chi connectivity index (χ1) is 8.04. The van der Waals surface area contributed by atoms with Gasteiger partial charge in [0.15, 0.2) is 5.78 Å². The van der Waals surface area contributed by atoms with E-state index >= 15 is 0 Å². The largest absolute Gasteiger partial charge is 0.481 e. The molecule has 0 aliphatic carbocycles. The van der Waals surface area contributed by atoms with Crippen LogP contribution in [-0.2, 0) is 4.79 Å². The fourth-order valence-corrected chi connectivity index (χ4v) is 1.64. The minimum atomic E-state index is -0.956. The third-order valence-electron chi connectivity index (χ3n) is 2.58. The number of carboxylic acid groups (broad SMARTS) is 1. The third-order valence-corrected chi connectivity index (χ3v) is 2.58. The average Bonchev–Trinajstić information content (AvgIpc) is 2.29. The van der Waals surface area contributed by atoms with Crippen molar-refractivity contribution in [2.45, 2.75) is 26.2 Å². The molecule has 0 aromatic heterocycles. The molecule has 17 heavy (non-hydrogen) atoms. The van der Waals surface area contributed by atoms with Gasteiger partial charge in [0.25, 0.3) is 0 Å². The van der Waals surface area contributed by atoms with Crippen LogP contribution in [-0.4, -0.2) is 16.9 Å². The molecule has 1 aromatic carbocycles. The van der Waals surface area contributed by atoms with Crippen LogP contribution >= 0.6 is 0 Å². The highest BCUT2D eigenvalue weighted by atomic mass is 19.1. The molecule has 92 valence electrons. The SMILES string of the molecule is CCCC(CC(=O)c1ccc(F)cc1)C(=O)O. The van der Waals surface area contributed by atoms with Crippen LogP contribution in [0.4, 0.5) is 4.39 Å². The number of Topliss-reactive ketones (excluding diaryl/α,β-unsaturated/α-hetero) is 1. The molecule has 0 radical (unpaired) electrons. The summed E-state index contributed by atoms with van der Waals surface area (Å²) < 4.78 is 12.7. The van der Waals surface area contributed by atoms with Crippen LogP contribution in [0.1, 0.15) is 36.5 Å². The predicted molar refractivity (Wildman–Crippen MR) is 61.4 cm³/mol. The van der Waals surface area contributed by atoms with Crippen LogP contribution in [0.3, 0.4) is 0 Å². The van der Waals surface area contributed by atoms with Crippen molar-refractivity contribution in [1.29, 1.82) is 0 Å². The van der Waals surface area contributed by atoms with Crippen molar-refractivity contribution < 1.29 is 19.1 Å². The van der Waals surface area contributed by atoms with Gasteiger partial charge in [-0.2, -0.15) is 0 Å². The predicted octanol–water partition coefficient (Wildman–Crippen LogP) is 2.90. The van der Waals surface area contributed by atoms with Crippen molar-refractivity contribution in [3.05, 3.63) is 35.6 Å². The lowest BCUT2D eigenvalue weighted by Crippen LogP contribution is -2.18. The Morgan fingerprint density at radius 2 is 1.88 bits per heavy atom. The van der Waals surface area contributed by atoms with E-state index in [1.54, 1.807) is 0 Å². The molecule has 0 fully saturated rings. The Morgan fingerprint density at radius 1 is 1.29 bits per heavy atom. The molecule has 1 unspecified atom stereocenters.